The van der Waals surface area contributed by atoms with E-state index in [0.29, 0.717) is 18.8 Å². The molecule has 1 aromatic carbocycles. The van der Waals surface area contributed by atoms with Crippen LogP contribution < -0.4 is 0 Å². The van der Waals surface area contributed by atoms with Gasteiger partial charge in [-0.25, -0.2) is 8.42 Å². The van der Waals surface area contributed by atoms with Gasteiger partial charge in [0.25, 0.3) is 0 Å². The second-order valence-electron chi connectivity index (χ2n) is 4.47. The van der Waals surface area contributed by atoms with E-state index in [4.69, 9.17) is 21.1 Å². The number of hydrogen-bond acceptors (Lipinski definition) is 4. The number of ether oxygens (including phenoxy) is 2. The first-order chi connectivity index (χ1) is 9.10. The maximum atomic E-state index is 12.5. The highest BCUT2D eigenvalue weighted by molar-refractivity contribution is 7.89. The monoisotopic (exact) mass is 303 g/mol. The van der Waals surface area contributed by atoms with E-state index in [1.165, 1.54) is 4.31 Å². The number of alkyl halides is 1. The molecule has 0 bridgehead atoms. The molecule has 0 unspecified atom stereocenters. The van der Waals surface area contributed by atoms with Crippen LogP contribution in [0.25, 0.3) is 0 Å². The van der Waals surface area contributed by atoms with Crippen molar-refractivity contribution < 1.29 is 17.9 Å². The van der Waals surface area contributed by atoms with Crippen LogP contribution in [0.4, 0.5) is 0 Å². The summed E-state index contributed by atoms with van der Waals surface area (Å²) in [5.74, 6) is -0.745. The highest BCUT2D eigenvalue weighted by Gasteiger charge is 2.50. The summed E-state index contributed by atoms with van der Waals surface area (Å²) < 4.78 is 37.7. The molecule has 1 saturated heterocycles. The molecule has 3 rings (SSSR count). The lowest BCUT2D eigenvalue weighted by Crippen LogP contribution is -2.50. The molecule has 5 nitrogen and oxygen atoms in total. The Labute approximate surface area is 117 Å². The maximum absolute atomic E-state index is 12.5. The van der Waals surface area contributed by atoms with Gasteiger partial charge in [0.15, 0.2) is 0 Å². The smallest absolute Gasteiger partial charge is 0.243 e. The Morgan fingerprint density at radius 3 is 2.63 bits per heavy atom. The second-order valence-corrected chi connectivity index (χ2v) is 6.76. The van der Waals surface area contributed by atoms with Gasteiger partial charge in [-0.05, 0) is 6.07 Å². The zero-order valence-corrected chi connectivity index (χ0v) is 11.8. The number of halogens is 1. The molecule has 0 radical (unpaired) electrons. The number of nitrogens with zero attached hydrogens (tertiary/aromatic N) is 1. The number of rotatable bonds is 2. The minimum Gasteiger partial charge on any atom is -0.342 e. The molecule has 2 aliphatic heterocycles. The topological polar surface area (TPSA) is 55.8 Å². The average Bonchev–Trinajstić information content (AvgIpc) is 2.87. The van der Waals surface area contributed by atoms with Gasteiger partial charge in [0.2, 0.25) is 15.8 Å². The molecule has 2 heterocycles. The summed E-state index contributed by atoms with van der Waals surface area (Å²) in [4.78, 5) is 0.244. The molecule has 104 valence electrons. The zero-order chi connectivity index (χ0) is 13.5. The Balaban J connectivity index is 2.17. The molecule has 1 aromatic rings. The van der Waals surface area contributed by atoms with Crippen LogP contribution in [-0.2, 0) is 25.3 Å². The van der Waals surface area contributed by atoms with Crippen LogP contribution >= 0.6 is 11.6 Å². The lowest BCUT2D eigenvalue weighted by Gasteiger charge is -2.39. The van der Waals surface area contributed by atoms with E-state index < -0.39 is 15.8 Å². The van der Waals surface area contributed by atoms with Crippen molar-refractivity contribution in [3.63, 3.8) is 0 Å². The highest BCUT2D eigenvalue weighted by atomic mass is 35.5. The maximum Gasteiger partial charge on any atom is 0.243 e. The Kier molecular flexibility index (Phi) is 3.31. The summed E-state index contributed by atoms with van der Waals surface area (Å²) in [6.07, 6.45) is 0. The number of benzene rings is 1. The first kappa shape index (κ1) is 13.3. The van der Waals surface area contributed by atoms with E-state index in [9.17, 15) is 8.42 Å². The molecular formula is C12H14ClNO4S. The van der Waals surface area contributed by atoms with Gasteiger partial charge in [-0.15, -0.1) is 11.6 Å². The number of fused-ring (bicyclic) bond motifs is 2. The Morgan fingerprint density at radius 1 is 1.26 bits per heavy atom. The summed E-state index contributed by atoms with van der Waals surface area (Å²) in [6, 6.07) is 6.82. The van der Waals surface area contributed by atoms with Crippen molar-refractivity contribution in [2.45, 2.75) is 10.7 Å². The van der Waals surface area contributed by atoms with Crippen molar-refractivity contribution in [3.05, 3.63) is 29.8 Å². The molecule has 0 aromatic heterocycles. The van der Waals surface area contributed by atoms with Gasteiger partial charge >= 0.3 is 0 Å². The average molecular weight is 304 g/mol. The van der Waals surface area contributed by atoms with E-state index in [2.05, 4.69) is 0 Å². The fourth-order valence-electron chi connectivity index (χ4n) is 2.54. The molecule has 0 amide bonds. The molecule has 7 heteroatoms. The lowest BCUT2D eigenvalue weighted by atomic mass is 10.1. The van der Waals surface area contributed by atoms with Gasteiger partial charge in [0.05, 0.1) is 24.7 Å². The predicted octanol–water partition coefficient (Wildman–Crippen LogP) is 1.13. The van der Waals surface area contributed by atoms with Crippen LogP contribution in [0.1, 0.15) is 5.56 Å². The van der Waals surface area contributed by atoms with Gasteiger partial charge < -0.3 is 9.47 Å². The summed E-state index contributed by atoms with van der Waals surface area (Å²) >= 11 is 5.70. The van der Waals surface area contributed by atoms with E-state index in [1.807, 2.05) is 0 Å². The van der Waals surface area contributed by atoms with Crippen molar-refractivity contribution in [1.29, 1.82) is 0 Å². The third-order valence-electron chi connectivity index (χ3n) is 3.39. The van der Waals surface area contributed by atoms with Gasteiger partial charge in [-0.1, -0.05) is 18.2 Å². The summed E-state index contributed by atoms with van der Waals surface area (Å²) in [7, 11) is -3.52. The summed E-state index contributed by atoms with van der Waals surface area (Å²) in [5, 5.41) is 0. The molecule has 2 aliphatic rings. The number of hydrogen-bond donors (Lipinski definition) is 0. The molecule has 19 heavy (non-hydrogen) atoms. The third kappa shape index (κ3) is 1.98. The quantitative estimate of drug-likeness (QED) is 0.769. The van der Waals surface area contributed by atoms with E-state index in [0.717, 1.165) is 0 Å². The van der Waals surface area contributed by atoms with Gasteiger partial charge in [-0.3, -0.25) is 0 Å². The van der Waals surface area contributed by atoms with Crippen LogP contribution in [0, 0.1) is 0 Å². The molecule has 0 aliphatic carbocycles. The van der Waals surface area contributed by atoms with Crippen molar-refractivity contribution in [1.82, 2.24) is 4.31 Å². The summed E-state index contributed by atoms with van der Waals surface area (Å²) in [5.41, 5.74) is 0.582. The van der Waals surface area contributed by atoms with Crippen LogP contribution in [0.2, 0.25) is 0 Å². The molecular weight excluding hydrogens is 290 g/mol. The lowest BCUT2D eigenvalue weighted by molar-refractivity contribution is -0.175. The summed E-state index contributed by atoms with van der Waals surface area (Å²) in [6.45, 7) is 1.32. The van der Waals surface area contributed by atoms with Crippen LogP contribution in [0.3, 0.4) is 0 Å². The van der Waals surface area contributed by atoms with Crippen LogP contribution in [0.5, 0.6) is 0 Å². The normalized spacial score (nSPS) is 24.5. The first-order valence-corrected chi connectivity index (χ1v) is 8.01. The van der Waals surface area contributed by atoms with Crippen LogP contribution in [0.15, 0.2) is 29.2 Å². The first-order valence-electron chi connectivity index (χ1n) is 6.04. The van der Waals surface area contributed by atoms with Crippen molar-refractivity contribution in [3.8, 4) is 0 Å². The molecule has 1 spiro atoms. The molecule has 0 atom stereocenters. The fourth-order valence-corrected chi connectivity index (χ4v) is 4.55. The number of sulfonamides is 1. The van der Waals surface area contributed by atoms with Crippen molar-refractivity contribution >= 4 is 21.6 Å². The Hall–Kier alpha value is -0.660. The minimum absolute atomic E-state index is 0.152. The zero-order valence-electron chi connectivity index (χ0n) is 10.2. The largest absolute Gasteiger partial charge is 0.342 e. The SMILES string of the molecule is O=S1(=O)c2ccccc2C2(CN1CCCl)OCCO2. The minimum atomic E-state index is -3.52. The molecule has 1 fully saturated rings. The van der Waals surface area contributed by atoms with E-state index in [-0.39, 0.29) is 23.9 Å². The van der Waals surface area contributed by atoms with Crippen LogP contribution in [-0.4, -0.2) is 44.9 Å². The Bertz CT molecular complexity index is 583. The molecule has 0 saturated carbocycles. The van der Waals surface area contributed by atoms with Gasteiger partial charge in [-0.2, -0.15) is 4.31 Å². The highest BCUT2D eigenvalue weighted by Crippen LogP contribution is 2.41. The van der Waals surface area contributed by atoms with Gasteiger partial charge in [0.1, 0.15) is 0 Å². The van der Waals surface area contributed by atoms with Crippen molar-refractivity contribution in [2.75, 3.05) is 32.2 Å². The third-order valence-corrected chi connectivity index (χ3v) is 5.46. The van der Waals surface area contributed by atoms with Crippen molar-refractivity contribution in [2.24, 2.45) is 0 Å². The standard InChI is InChI=1S/C12H14ClNO4S/c13-5-6-14-9-12(17-7-8-18-12)10-3-1-2-4-11(10)19(14,15)16/h1-4H,5-9H2. The van der Waals surface area contributed by atoms with E-state index >= 15 is 0 Å². The second kappa shape index (κ2) is 4.71. The van der Waals surface area contributed by atoms with E-state index in [1.54, 1.807) is 24.3 Å². The fraction of sp³-hybridized carbons (Fsp3) is 0.500. The predicted molar refractivity (Wildman–Crippen MR) is 69.5 cm³/mol. The van der Waals surface area contributed by atoms with Gasteiger partial charge in [0, 0.05) is 18.0 Å². The Morgan fingerprint density at radius 2 is 1.95 bits per heavy atom. The molecule has 0 N–H and O–H groups in total.